The van der Waals surface area contributed by atoms with Gasteiger partial charge in [0.2, 0.25) is 0 Å². The van der Waals surface area contributed by atoms with Crippen molar-refractivity contribution < 1.29 is 29.6 Å². The molecule has 6 nitrogen and oxygen atoms in total. The highest BCUT2D eigenvalue weighted by atomic mass is 16.5. The van der Waals surface area contributed by atoms with Crippen molar-refractivity contribution in [2.75, 3.05) is 20.3 Å². The summed E-state index contributed by atoms with van der Waals surface area (Å²) in [5.74, 6) is 1.85. The quantitative estimate of drug-likeness (QED) is 0.497. The lowest BCUT2D eigenvalue weighted by molar-refractivity contribution is -0.209. The Labute approximate surface area is 199 Å². The molecule has 0 spiro atoms. The molecule has 0 radical (unpaired) electrons. The number of aliphatic hydroxyl groups is 3. The molecule has 11 atom stereocenters. The van der Waals surface area contributed by atoms with Crippen LogP contribution in [0, 0.1) is 46.3 Å². The van der Waals surface area contributed by atoms with E-state index in [9.17, 15) is 15.0 Å². The van der Waals surface area contributed by atoms with Crippen LogP contribution in [0.3, 0.4) is 0 Å². The molecule has 0 aliphatic heterocycles. The molecule has 0 saturated heterocycles. The van der Waals surface area contributed by atoms with Crippen molar-refractivity contribution in [3.63, 3.8) is 0 Å². The summed E-state index contributed by atoms with van der Waals surface area (Å²) < 4.78 is 10.7. The molecular formula is C27H46O6. The number of esters is 1. The Hall–Kier alpha value is -0.690. The molecule has 33 heavy (non-hydrogen) atoms. The van der Waals surface area contributed by atoms with Crippen LogP contribution in [0.2, 0.25) is 0 Å². The lowest BCUT2D eigenvalue weighted by atomic mass is 9.43. The van der Waals surface area contributed by atoms with E-state index in [1.807, 2.05) is 0 Å². The second-order valence-electron chi connectivity index (χ2n) is 12.2. The van der Waals surface area contributed by atoms with Crippen LogP contribution in [-0.4, -0.2) is 59.9 Å². The minimum atomic E-state index is -0.372. The van der Waals surface area contributed by atoms with Gasteiger partial charge in [-0.25, -0.2) is 0 Å². The minimum absolute atomic E-state index is 0.0530. The van der Waals surface area contributed by atoms with Gasteiger partial charge in [-0.15, -0.1) is 0 Å². The second-order valence-corrected chi connectivity index (χ2v) is 12.2. The highest BCUT2D eigenvalue weighted by Crippen LogP contribution is 2.68. The second kappa shape index (κ2) is 9.75. The highest BCUT2D eigenvalue weighted by molar-refractivity contribution is 5.69. The van der Waals surface area contributed by atoms with Crippen molar-refractivity contribution in [3.05, 3.63) is 0 Å². The van der Waals surface area contributed by atoms with Crippen LogP contribution in [0.1, 0.15) is 78.6 Å². The standard InChI is InChI=1S/C27H46O6/c1-16(5-8-24(31)32-4)19-6-7-20-25-21(15-23(30)27(19,20)3)26(2)10-9-18(33-12-11-28)13-17(26)14-22(25)29/h16-23,25,28-30H,5-15H2,1-4H3/t16?,17?,18-,19+,20?,21?,22+,23-,25?,26-,27+/m0/s1. The van der Waals surface area contributed by atoms with E-state index in [1.165, 1.54) is 7.11 Å². The Kier molecular flexibility index (Phi) is 7.51. The van der Waals surface area contributed by atoms with Gasteiger partial charge in [-0.05, 0) is 97.7 Å². The van der Waals surface area contributed by atoms with Crippen molar-refractivity contribution in [3.8, 4) is 0 Å². The molecule has 0 aromatic heterocycles. The first-order valence-corrected chi connectivity index (χ1v) is 13.3. The van der Waals surface area contributed by atoms with Gasteiger partial charge in [-0.1, -0.05) is 20.8 Å². The number of hydrogen-bond acceptors (Lipinski definition) is 6. The smallest absolute Gasteiger partial charge is 0.305 e. The first-order valence-electron chi connectivity index (χ1n) is 13.3. The average molecular weight is 467 g/mol. The van der Waals surface area contributed by atoms with Crippen molar-refractivity contribution in [2.24, 2.45) is 46.3 Å². The van der Waals surface area contributed by atoms with Crippen molar-refractivity contribution in [1.82, 2.24) is 0 Å². The number of carbonyl (C=O) groups is 1. The summed E-state index contributed by atoms with van der Waals surface area (Å²) in [6.07, 6.45) is 7.41. The maximum absolute atomic E-state index is 11.7. The molecule has 4 aliphatic rings. The van der Waals surface area contributed by atoms with Crippen molar-refractivity contribution in [2.45, 2.75) is 96.9 Å². The number of aliphatic hydroxyl groups excluding tert-OH is 3. The van der Waals surface area contributed by atoms with Crippen LogP contribution in [0.4, 0.5) is 0 Å². The van der Waals surface area contributed by atoms with Gasteiger partial charge in [0.1, 0.15) is 0 Å². The van der Waals surface area contributed by atoms with Crippen LogP contribution in [-0.2, 0) is 14.3 Å². The van der Waals surface area contributed by atoms with Gasteiger partial charge >= 0.3 is 5.97 Å². The third-order valence-electron chi connectivity index (χ3n) is 11.0. The van der Waals surface area contributed by atoms with Crippen LogP contribution >= 0.6 is 0 Å². The largest absolute Gasteiger partial charge is 0.469 e. The Bertz CT molecular complexity index is 698. The maximum Gasteiger partial charge on any atom is 0.305 e. The molecule has 4 fully saturated rings. The van der Waals surface area contributed by atoms with Crippen molar-refractivity contribution in [1.29, 1.82) is 0 Å². The number of carbonyl (C=O) groups excluding carboxylic acids is 1. The summed E-state index contributed by atoms with van der Waals surface area (Å²) in [5, 5.41) is 32.3. The highest BCUT2D eigenvalue weighted by Gasteiger charge is 2.65. The fourth-order valence-electron chi connectivity index (χ4n) is 9.13. The summed E-state index contributed by atoms with van der Waals surface area (Å²) in [7, 11) is 1.44. The summed E-state index contributed by atoms with van der Waals surface area (Å²) in [4.78, 5) is 11.7. The van der Waals surface area contributed by atoms with Gasteiger partial charge in [0, 0.05) is 6.42 Å². The molecule has 5 unspecified atom stereocenters. The summed E-state index contributed by atoms with van der Waals surface area (Å²) in [6, 6.07) is 0. The van der Waals surface area contributed by atoms with Crippen molar-refractivity contribution >= 4 is 5.97 Å². The molecule has 0 aromatic carbocycles. The monoisotopic (exact) mass is 466 g/mol. The molecule has 190 valence electrons. The molecule has 3 N–H and O–H groups in total. The first kappa shape index (κ1) is 25.4. The predicted molar refractivity (Wildman–Crippen MR) is 125 cm³/mol. The van der Waals surface area contributed by atoms with Crippen LogP contribution < -0.4 is 0 Å². The topological polar surface area (TPSA) is 96.2 Å². The molecule has 0 bridgehead atoms. The number of rotatable bonds is 7. The fraction of sp³-hybridized carbons (Fsp3) is 0.963. The number of fused-ring (bicyclic) bond motifs is 5. The number of methoxy groups -OCH3 is 1. The zero-order valence-corrected chi connectivity index (χ0v) is 21.0. The van der Waals surface area contributed by atoms with Gasteiger partial charge in [0.05, 0.1) is 38.6 Å². The van der Waals surface area contributed by atoms with E-state index in [0.29, 0.717) is 42.6 Å². The zero-order chi connectivity index (χ0) is 24.0. The lowest BCUT2D eigenvalue weighted by Gasteiger charge is -2.63. The number of ether oxygens (including phenoxy) is 2. The third-order valence-corrected chi connectivity index (χ3v) is 11.0. The van der Waals surface area contributed by atoms with Gasteiger partial charge in [0.15, 0.2) is 0 Å². The van der Waals surface area contributed by atoms with Gasteiger partial charge in [-0.3, -0.25) is 4.79 Å². The molecule has 0 amide bonds. The Morgan fingerprint density at radius 3 is 2.55 bits per heavy atom. The van der Waals surface area contributed by atoms with E-state index < -0.39 is 0 Å². The summed E-state index contributed by atoms with van der Waals surface area (Å²) in [6.45, 7) is 7.34. The zero-order valence-electron chi connectivity index (χ0n) is 21.0. The van der Waals surface area contributed by atoms with Crippen LogP contribution in [0.15, 0.2) is 0 Å². The van der Waals surface area contributed by atoms with E-state index in [0.717, 1.165) is 51.4 Å². The van der Waals surface area contributed by atoms with E-state index in [2.05, 4.69) is 20.8 Å². The Morgan fingerprint density at radius 1 is 1.09 bits per heavy atom. The molecule has 6 heteroatoms. The molecular weight excluding hydrogens is 420 g/mol. The normalized spacial score (nSPS) is 47.8. The maximum atomic E-state index is 11.7. The SMILES string of the molecule is COC(=O)CCC(C)[C@H]1CCC2C3C(C[C@H](O)[C@@]21C)[C@@]1(C)CC[C@H](OCCO)CC1C[C@H]3O. The fourth-order valence-corrected chi connectivity index (χ4v) is 9.13. The van der Waals surface area contributed by atoms with E-state index >= 15 is 0 Å². The number of hydrogen-bond donors (Lipinski definition) is 3. The van der Waals surface area contributed by atoms with E-state index in [-0.39, 0.29) is 47.6 Å². The molecule has 4 rings (SSSR count). The van der Waals surface area contributed by atoms with Gasteiger partial charge in [0.25, 0.3) is 0 Å². The Morgan fingerprint density at radius 2 is 1.85 bits per heavy atom. The Balaban J connectivity index is 1.52. The first-order chi connectivity index (χ1) is 15.7. The lowest BCUT2D eigenvalue weighted by Crippen LogP contribution is -2.62. The molecule has 0 heterocycles. The van der Waals surface area contributed by atoms with Gasteiger partial charge < -0.3 is 24.8 Å². The molecule has 4 saturated carbocycles. The van der Waals surface area contributed by atoms with E-state index in [4.69, 9.17) is 14.6 Å². The summed E-state index contributed by atoms with van der Waals surface area (Å²) >= 11 is 0. The van der Waals surface area contributed by atoms with Gasteiger partial charge in [-0.2, -0.15) is 0 Å². The average Bonchev–Trinajstić information content (AvgIpc) is 3.15. The summed E-state index contributed by atoms with van der Waals surface area (Å²) in [5.41, 5.74) is -0.0812. The van der Waals surface area contributed by atoms with Crippen LogP contribution in [0.25, 0.3) is 0 Å². The van der Waals surface area contributed by atoms with Crippen LogP contribution in [0.5, 0.6) is 0 Å². The molecule has 4 aliphatic carbocycles. The minimum Gasteiger partial charge on any atom is -0.469 e. The van der Waals surface area contributed by atoms with E-state index in [1.54, 1.807) is 0 Å². The third kappa shape index (κ3) is 4.28. The molecule has 0 aromatic rings. The predicted octanol–water partition coefficient (Wildman–Crippen LogP) is 3.55.